The average molecular weight is 464 g/mol. The third-order valence-corrected chi connectivity index (χ3v) is 5.65. The predicted molar refractivity (Wildman–Crippen MR) is 132 cm³/mol. The molecule has 0 saturated heterocycles. The smallest absolute Gasteiger partial charge is 0.275 e. The SMILES string of the molecule is CCCCCN(C=O)c1ccc(N2CCC(C(=N)C(N)=O)=C(Nc3ccc(O)cc3)C2=O)cc1. The van der Waals surface area contributed by atoms with Crippen molar-refractivity contribution >= 4 is 41.0 Å². The van der Waals surface area contributed by atoms with E-state index in [-0.39, 0.29) is 30.0 Å². The number of amides is 3. The lowest BCUT2D eigenvalue weighted by Crippen LogP contribution is -2.42. The van der Waals surface area contributed by atoms with E-state index in [2.05, 4.69) is 12.2 Å². The largest absolute Gasteiger partial charge is 0.508 e. The van der Waals surface area contributed by atoms with E-state index in [0.717, 1.165) is 31.4 Å². The number of unbranched alkanes of at least 4 members (excludes halogenated alkanes) is 2. The van der Waals surface area contributed by atoms with Gasteiger partial charge >= 0.3 is 0 Å². The zero-order valence-corrected chi connectivity index (χ0v) is 19.1. The first-order valence-electron chi connectivity index (χ1n) is 11.2. The molecule has 1 aliphatic rings. The summed E-state index contributed by atoms with van der Waals surface area (Å²) < 4.78 is 0. The molecule has 0 saturated carbocycles. The highest BCUT2D eigenvalue weighted by Gasteiger charge is 2.31. The summed E-state index contributed by atoms with van der Waals surface area (Å²) in [6.45, 7) is 2.99. The lowest BCUT2D eigenvalue weighted by atomic mass is 9.98. The fourth-order valence-electron chi connectivity index (χ4n) is 3.78. The molecule has 1 aliphatic heterocycles. The van der Waals surface area contributed by atoms with Gasteiger partial charge in [-0.2, -0.15) is 0 Å². The van der Waals surface area contributed by atoms with Gasteiger partial charge in [0.05, 0.1) is 0 Å². The first-order valence-corrected chi connectivity index (χ1v) is 11.2. The van der Waals surface area contributed by atoms with Crippen LogP contribution in [0, 0.1) is 5.41 Å². The van der Waals surface area contributed by atoms with Crippen molar-refractivity contribution in [2.45, 2.75) is 32.6 Å². The molecular weight excluding hydrogens is 434 g/mol. The Morgan fingerprint density at radius 2 is 1.85 bits per heavy atom. The van der Waals surface area contributed by atoms with Gasteiger partial charge < -0.3 is 26.0 Å². The molecule has 5 N–H and O–H groups in total. The zero-order chi connectivity index (χ0) is 24.7. The Hall–Kier alpha value is -4.14. The van der Waals surface area contributed by atoms with Crippen molar-refractivity contribution in [1.29, 1.82) is 5.41 Å². The number of phenols is 1. The van der Waals surface area contributed by atoms with Crippen LogP contribution in [-0.4, -0.2) is 42.1 Å². The molecule has 9 nitrogen and oxygen atoms in total. The molecule has 2 aromatic carbocycles. The van der Waals surface area contributed by atoms with E-state index in [1.54, 1.807) is 46.2 Å². The van der Waals surface area contributed by atoms with Gasteiger partial charge in [-0.05, 0) is 61.4 Å². The van der Waals surface area contributed by atoms with Crippen molar-refractivity contribution in [3.63, 3.8) is 0 Å². The van der Waals surface area contributed by atoms with Gasteiger partial charge in [-0.15, -0.1) is 0 Å². The Kier molecular flexibility index (Phi) is 8.02. The molecule has 3 amide bonds. The van der Waals surface area contributed by atoms with E-state index in [1.807, 2.05) is 0 Å². The van der Waals surface area contributed by atoms with Crippen molar-refractivity contribution in [2.24, 2.45) is 5.73 Å². The Morgan fingerprint density at radius 3 is 2.44 bits per heavy atom. The maximum Gasteiger partial charge on any atom is 0.275 e. The predicted octanol–water partition coefficient (Wildman–Crippen LogP) is 3.15. The third kappa shape index (κ3) is 5.61. The number of rotatable bonds is 11. The molecule has 0 unspecified atom stereocenters. The van der Waals surface area contributed by atoms with E-state index >= 15 is 0 Å². The van der Waals surface area contributed by atoms with Crippen molar-refractivity contribution in [2.75, 3.05) is 28.2 Å². The number of carbonyl (C=O) groups excluding carboxylic acids is 3. The fourth-order valence-corrected chi connectivity index (χ4v) is 3.78. The highest BCUT2D eigenvalue weighted by molar-refractivity contribution is 6.44. The molecule has 2 aromatic rings. The van der Waals surface area contributed by atoms with Crippen LogP contribution < -0.4 is 20.9 Å². The van der Waals surface area contributed by atoms with Gasteiger partial charge in [0.1, 0.15) is 17.2 Å². The Labute approximate surface area is 198 Å². The third-order valence-electron chi connectivity index (χ3n) is 5.65. The second-order valence-electron chi connectivity index (χ2n) is 7.99. The summed E-state index contributed by atoms with van der Waals surface area (Å²) in [7, 11) is 0. The van der Waals surface area contributed by atoms with Crippen LogP contribution in [-0.2, 0) is 14.4 Å². The number of hydrogen-bond acceptors (Lipinski definition) is 6. The summed E-state index contributed by atoms with van der Waals surface area (Å²) in [6, 6.07) is 13.2. The van der Waals surface area contributed by atoms with Crippen molar-refractivity contribution in [3.8, 4) is 5.75 Å². The summed E-state index contributed by atoms with van der Waals surface area (Å²) in [4.78, 5) is 39.8. The number of carbonyl (C=O) groups is 3. The second kappa shape index (κ2) is 11.1. The lowest BCUT2D eigenvalue weighted by molar-refractivity contribution is -0.115. The van der Waals surface area contributed by atoms with E-state index in [4.69, 9.17) is 11.1 Å². The van der Waals surface area contributed by atoms with Crippen molar-refractivity contribution in [3.05, 3.63) is 59.8 Å². The molecular formula is C25H29N5O4. The van der Waals surface area contributed by atoms with Gasteiger partial charge in [0.2, 0.25) is 6.41 Å². The molecule has 0 radical (unpaired) electrons. The van der Waals surface area contributed by atoms with Crippen LogP contribution in [0.2, 0.25) is 0 Å². The normalized spacial score (nSPS) is 13.6. The van der Waals surface area contributed by atoms with Gasteiger partial charge in [0.25, 0.3) is 11.8 Å². The Morgan fingerprint density at radius 1 is 1.18 bits per heavy atom. The number of aromatic hydroxyl groups is 1. The topological polar surface area (TPSA) is 140 Å². The second-order valence-corrected chi connectivity index (χ2v) is 7.99. The van der Waals surface area contributed by atoms with Crippen LogP contribution in [0.5, 0.6) is 5.75 Å². The highest BCUT2D eigenvalue weighted by atomic mass is 16.3. The van der Waals surface area contributed by atoms with Crippen LogP contribution in [0.25, 0.3) is 0 Å². The first-order chi connectivity index (χ1) is 16.3. The average Bonchev–Trinajstić information content (AvgIpc) is 2.84. The number of anilines is 3. The number of nitrogens with two attached hydrogens (primary N) is 1. The first kappa shape index (κ1) is 24.5. The maximum atomic E-state index is 13.4. The Bertz CT molecular complexity index is 1090. The molecule has 0 bridgehead atoms. The number of phenolic OH excluding ortho intramolecular Hbond substituents is 1. The number of hydrogen-bond donors (Lipinski definition) is 4. The van der Waals surface area contributed by atoms with E-state index in [1.165, 1.54) is 12.1 Å². The van der Waals surface area contributed by atoms with Crippen molar-refractivity contribution < 1.29 is 19.5 Å². The van der Waals surface area contributed by atoms with Gasteiger partial charge in [0.15, 0.2) is 0 Å². The molecule has 0 atom stereocenters. The van der Waals surface area contributed by atoms with Gasteiger partial charge in [-0.1, -0.05) is 19.8 Å². The Balaban J connectivity index is 1.87. The van der Waals surface area contributed by atoms with Crippen LogP contribution in [0.3, 0.4) is 0 Å². The molecule has 34 heavy (non-hydrogen) atoms. The van der Waals surface area contributed by atoms with Crippen LogP contribution in [0.4, 0.5) is 17.1 Å². The van der Waals surface area contributed by atoms with Crippen LogP contribution in [0.1, 0.15) is 32.6 Å². The van der Waals surface area contributed by atoms with E-state index < -0.39 is 17.5 Å². The summed E-state index contributed by atoms with van der Waals surface area (Å²) in [5.41, 5.74) is 7.11. The molecule has 178 valence electrons. The molecule has 1 heterocycles. The van der Waals surface area contributed by atoms with Gasteiger partial charge in [0, 0.05) is 35.7 Å². The zero-order valence-electron chi connectivity index (χ0n) is 19.1. The highest BCUT2D eigenvalue weighted by Crippen LogP contribution is 2.29. The number of nitrogens with one attached hydrogen (secondary N) is 2. The number of nitrogens with zero attached hydrogens (tertiary/aromatic N) is 2. The molecule has 0 spiro atoms. The summed E-state index contributed by atoms with van der Waals surface area (Å²) >= 11 is 0. The number of benzene rings is 2. The minimum atomic E-state index is -0.914. The van der Waals surface area contributed by atoms with E-state index in [0.29, 0.717) is 17.9 Å². The monoisotopic (exact) mass is 463 g/mol. The number of primary amides is 1. The van der Waals surface area contributed by atoms with Crippen LogP contribution >= 0.6 is 0 Å². The standard InChI is InChI=1S/C25H29N5O4/c1-2-3-4-14-29(16-31)18-7-9-19(10-8-18)30-15-13-21(22(26)24(27)33)23(25(30)34)28-17-5-11-20(32)12-6-17/h5-12,16,26,28,32H,2-4,13-15H2,1H3,(H2,27,33). The van der Waals surface area contributed by atoms with Gasteiger partial charge in [-0.25, -0.2) is 0 Å². The molecule has 0 aromatic heterocycles. The summed E-state index contributed by atoms with van der Waals surface area (Å²) in [5.74, 6) is -1.26. The van der Waals surface area contributed by atoms with E-state index in [9.17, 15) is 19.5 Å². The fraction of sp³-hybridized carbons (Fsp3) is 0.280. The molecule has 0 aliphatic carbocycles. The summed E-state index contributed by atoms with van der Waals surface area (Å²) in [5, 5.41) is 20.6. The van der Waals surface area contributed by atoms with Gasteiger partial charge in [-0.3, -0.25) is 19.8 Å². The minimum absolute atomic E-state index is 0.0698. The van der Waals surface area contributed by atoms with Crippen LogP contribution in [0.15, 0.2) is 59.8 Å². The lowest BCUT2D eigenvalue weighted by Gasteiger charge is -2.31. The molecule has 9 heteroatoms. The minimum Gasteiger partial charge on any atom is -0.508 e. The quantitative estimate of drug-likeness (QED) is 0.175. The summed E-state index contributed by atoms with van der Waals surface area (Å²) in [6.07, 6.45) is 4.07. The molecule has 0 fully saturated rings. The van der Waals surface area contributed by atoms with Crippen molar-refractivity contribution in [1.82, 2.24) is 0 Å². The molecule has 3 rings (SSSR count). The maximum absolute atomic E-state index is 13.4.